The topological polar surface area (TPSA) is 46.2 Å². The van der Waals surface area contributed by atoms with E-state index in [1.54, 1.807) is 24.5 Å². The highest BCUT2D eigenvalue weighted by Crippen LogP contribution is 2.28. The highest BCUT2D eigenvalue weighted by molar-refractivity contribution is 7.84. The van der Waals surface area contributed by atoms with Gasteiger partial charge in [0.05, 0.1) is 26.4 Å². The lowest BCUT2D eigenvalue weighted by molar-refractivity contribution is -0.120. The zero-order valence-electron chi connectivity index (χ0n) is 10.7. The van der Waals surface area contributed by atoms with E-state index < -0.39 is 10.8 Å². The number of hydrogen-bond donors (Lipinski definition) is 1. The Morgan fingerprint density at radius 1 is 1.42 bits per heavy atom. The van der Waals surface area contributed by atoms with Gasteiger partial charge in [0.25, 0.3) is 0 Å². The van der Waals surface area contributed by atoms with Crippen LogP contribution in [0.4, 0.5) is 5.69 Å². The van der Waals surface area contributed by atoms with Crippen LogP contribution in [0, 0.1) is 5.92 Å². The van der Waals surface area contributed by atoms with Crippen molar-refractivity contribution < 1.29 is 9.00 Å². The van der Waals surface area contributed by atoms with Gasteiger partial charge in [-0.1, -0.05) is 29.8 Å². The van der Waals surface area contributed by atoms with Crippen molar-refractivity contribution in [3.05, 3.63) is 35.4 Å². The number of amides is 1. The molecular weight excluding hydrogens is 282 g/mol. The number of anilines is 1. The molecule has 0 fully saturated rings. The zero-order chi connectivity index (χ0) is 13.8. The maximum absolute atomic E-state index is 12.2. The van der Waals surface area contributed by atoms with Crippen molar-refractivity contribution in [2.24, 2.45) is 5.92 Å². The first kappa shape index (κ1) is 14.3. The molecule has 0 aromatic heterocycles. The van der Waals surface area contributed by atoms with E-state index in [2.05, 4.69) is 11.4 Å². The summed E-state index contributed by atoms with van der Waals surface area (Å²) in [4.78, 5) is 12.7. The lowest BCUT2D eigenvalue weighted by Gasteiger charge is -2.18. The van der Waals surface area contributed by atoms with Crippen LogP contribution in [0.5, 0.6) is 0 Å². The van der Waals surface area contributed by atoms with E-state index in [1.165, 1.54) is 0 Å². The van der Waals surface area contributed by atoms with E-state index >= 15 is 0 Å². The minimum Gasteiger partial charge on any atom is -0.325 e. The molecule has 0 saturated heterocycles. The van der Waals surface area contributed by atoms with Crippen molar-refractivity contribution in [3.8, 4) is 0 Å². The van der Waals surface area contributed by atoms with E-state index in [9.17, 15) is 9.00 Å². The van der Waals surface area contributed by atoms with Crippen molar-refractivity contribution in [2.45, 2.75) is 24.2 Å². The minimum absolute atomic E-state index is 0.0119. The fourth-order valence-corrected chi connectivity index (χ4v) is 3.44. The first-order valence-corrected chi connectivity index (χ1v) is 8.11. The Labute approximate surface area is 120 Å². The molecule has 5 heteroatoms. The molecule has 1 aromatic rings. The predicted octanol–water partition coefficient (Wildman–Crippen LogP) is 3.37. The molecule has 3 nitrogen and oxygen atoms in total. The van der Waals surface area contributed by atoms with Crippen molar-refractivity contribution >= 4 is 34.0 Å². The van der Waals surface area contributed by atoms with Crippen LogP contribution in [-0.2, 0) is 15.6 Å². The zero-order valence-corrected chi connectivity index (χ0v) is 12.3. The third-order valence-electron chi connectivity index (χ3n) is 3.15. The van der Waals surface area contributed by atoms with Crippen molar-refractivity contribution in [1.29, 1.82) is 0 Å². The van der Waals surface area contributed by atoms with Gasteiger partial charge in [-0.2, -0.15) is 0 Å². The summed E-state index contributed by atoms with van der Waals surface area (Å²) in [6, 6.07) is 5.16. The van der Waals surface area contributed by atoms with Crippen LogP contribution in [0.25, 0.3) is 0 Å². The second-order valence-corrected chi connectivity index (χ2v) is 6.26. The van der Waals surface area contributed by atoms with Gasteiger partial charge in [-0.15, -0.1) is 0 Å². The summed E-state index contributed by atoms with van der Waals surface area (Å²) in [5.41, 5.74) is 0.549. The van der Waals surface area contributed by atoms with Gasteiger partial charge in [-0.05, 0) is 31.4 Å². The fourth-order valence-electron chi connectivity index (χ4n) is 2.17. The number of halogens is 1. The molecule has 1 amide bonds. The molecule has 1 N–H and O–H groups in total. The summed E-state index contributed by atoms with van der Waals surface area (Å²) in [7, 11) is -1.23. The maximum Gasteiger partial charge on any atom is 0.227 e. The normalized spacial score (nSPS) is 20.0. The Bertz CT molecular complexity index is 542. The summed E-state index contributed by atoms with van der Waals surface area (Å²) in [5, 5.41) is 3.27. The van der Waals surface area contributed by atoms with Crippen LogP contribution >= 0.6 is 11.6 Å². The van der Waals surface area contributed by atoms with E-state index in [0.717, 1.165) is 19.3 Å². The highest BCUT2D eigenvalue weighted by Gasteiger charge is 2.20. The van der Waals surface area contributed by atoms with E-state index in [0.29, 0.717) is 15.6 Å². The van der Waals surface area contributed by atoms with Gasteiger partial charge >= 0.3 is 0 Å². The monoisotopic (exact) mass is 297 g/mol. The maximum atomic E-state index is 12.2. The number of hydrogen-bond acceptors (Lipinski definition) is 2. The van der Waals surface area contributed by atoms with Crippen molar-refractivity contribution in [3.63, 3.8) is 0 Å². The van der Waals surface area contributed by atoms with Crippen LogP contribution in [0.3, 0.4) is 0 Å². The average Bonchev–Trinajstić information content (AvgIpc) is 2.39. The van der Waals surface area contributed by atoms with Crippen LogP contribution in [-0.4, -0.2) is 16.4 Å². The Kier molecular flexibility index (Phi) is 4.77. The molecule has 0 radical (unpaired) electrons. The van der Waals surface area contributed by atoms with E-state index in [-0.39, 0.29) is 11.8 Å². The number of carbonyl (C=O) groups is 1. The molecule has 1 aliphatic rings. The molecule has 2 atom stereocenters. The molecule has 19 heavy (non-hydrogen) atoms. The van der Waals surface area contributed by atoms with Crippen LogP contribution < -0.4 is 5.32 Å². The highest BCUT2D eigenvalue weighted by atomic mass is 35.5. The predicted molar refractivity (Wildman–Crippen MR) is 78.9 cm³/mol. The Morgan fingerprint density at radius 3 is 2.84 bits per heavy atom. The smallest absolute Gasteiger partial charge is 0.227 e. The molecule has 0 aliphatic heterocycles. The third kappa shape index (κ3) is 3.45. The molecule has 0 bridgehead atoms. The minimum atomic E-state index is -1.23. The molecule has 1 aliphatic carbocycles. The Morgan fingerprint density at radius 2 is 2.21 bits per heavy atom. The quantitative estimate of drug-likeness (QED) is 0.870. The standard InChI is InChI=1S/C14H16ClNO2S/c1-19(18)13-11(15)8-5-9-12(13)16-14(17)10-6-3-2-4-7-10/h2-3,5,8-10H,4,6-7H2,1H3,(H,16,17)/t10-,19-/m1/s1. The van der Waals surface area contributed by atoms with Crippen LogP contribution in [0.2, 0.25) is 5.02 Å². The van der Waals surface area contributed by atoms with E-state index in [4.69, 9.17) is 11.6 Å². The Hall–Kier alpha value is -1.13. The molecule has 102 valence electrons. The summed E-state index contributed by atoms with van der Waals surface area (Å²) < 4.78 is 11.7. The average molecular weight is 298 g/mol. The number of allylic oxidation sites excluding steroid dienone is 2. The third-order valence-corrected chi connectivity index (χ3v) is 4.59. The van der Waals surface area contributed by atoms with Crippen LogP contribution in [0.15, 0.2) is 35.2 Å². The molecule has 1 aromatic carbocycles. The van der Waals surface area contributed by atoms with Gasteiger partial charge in [0.1, 0.15) is 0 Å². The van der Waals surface area contributed by atoms with Gasteiger partial charge < -0.3 is 5.32 Å². The number of benzene rings is 1. The van der Waals surface area contributed by atoms with Gasteiger partial charge in [0.2, 0.25) is 5.91 Å². The second kappa shape index (κ2) is 6.35. The van der Waals surface area contributed by atoms with Gasteiger partial charge in [0, 0.05) is 12.2 Å². The summed E-state index contributed by atoms with van der Waals surface area (Å²) in [5.74, 6) is -0.0413. The molecule has 0 spiro atoms. The first-order valence-electron chi connectivity index (χ1n) is 6.17. The fraction of sp³-hybridized carbons (Fsp3) is 0.357. The lowest BCUT2D eigenvalue weighted by atomic mass is 9.93. The van der Waals surface area contributed by atoms with Crippen molar-refractivity contribution in [2.75, 3.05) is 11.6 Å². The largest absolute Gasteiger partial charge is 0.325 e. The van der Waals surface area contributed by atoms with Gasteiger partial charge in [-0.25, -0.2) is 0 Å². The summed E-state index contributed by atoms with van der Waals surface area (Å²) in [6.07, 6.45) is 8.23. The molecule has 2 rings (SSSR count). The number of rotatable bonds is 3. The first-order chi connectivity index (χ1) is 9.09. The molecule has 0 heterocycles. The number of nitrogens with one attached hydrogen (secondary N) is 1. The SMILES string of the molecule is C[S@@](=O)c1c(Cl)cccc1NC(=O)[C@@H]1CC=CCC1. The molecule has 0 saturated carbocycles. The van der Waals surface area contributed by atoms with Gasteiger partial charge in [-0.3, -0.25) is 9.00 Å². The van der Waals surface area contributed by atoms with Gasteiger partial charge in [0.15, 0.2) is 0 Å². The summed E-state index contributed by atoms with van der Waals surface area (Å²) in [6.45, 7) is 0. The number of carbonyl (C=O) groups excluding carboxylic acids is 1. The summed E-state index contributed by atoms with van der Waals surface area (Å²) >= 11 is 6.04. The molecular formula is C14H16ClNO2S. The van der Waals surface area contributed by atoms with Crippen LogP contribution in [0.1, 0.15) is 19.3 Å². The van der Waals surface area contributed by atoms with Crippen molar-refractivity contribution in [1.82, 2.24) is 0 Å². The lowest BCUT2D eigenvalue weighted by Crippen LogP contribution is -2.24. The molecule has 0 unspecified atom stereocenters. The van der Waals surface area contributed by atoms with E-state index in [1.807, 2.05) is 6.08 Å². The Balaban J connectivity index is 2.19. The second-order valence-electron chi connectivity index (χ2n) is 4.54.